The second-order valence-electron chi connectivity index (χ2n) is 11.8. The topological polar surface area (TPSA) is 87.7 Å². The van der Waals surface area contributed by atoms with Crippen molar-refractivity contribution in [1.29, 1.82) is 0 Å². The van der Waals surface area contributed by atoms with Gasteiger partial charge in [0, 0.05) is 27.8 Å². The normalized spacial score (nSPS) is 36.4. The van der Waals surface area contributed by atoms with Crippen LogP contribution in [0.2, 0.25) is 10.0 Å². The first-order valence-corrected chi connectivity index (χ1v) is 14.8. The van der Waals surface area contributed by atoms with E-state index in [2.05, 4.69) is 17.6 Å². The van der Waals surface area contributed by atoms with E-state index in [0.717, 1.165) is 51.4 Å². The van der Waals surface area contributed by atoms with Crippen molar-refractivity contribution in [2.75, 3.05) is 5.32 Å². The summed E-state index contributed by atoms with van der Waals surface area (Å²) in [6.45, 7) is 2.17. The van der Waals surface area contributed by atoms with E-state index in [-0.39, 0.29) is 35.7 Å². The predicted octanol–water partition coefficient (Wildman–Crippen LogP) is 5.11. The Morgan fingerprint density at radius 1 is 0.974 bits per heavy atom. The SMILES string of the molecule is C[C@@H]1CCCC[C@@H]1N1C(=O)[C@@H]2[C@H](C(=O)Nc3cc(Cl)cc(Cl)c3)[C@@H]3C=C[C@@]2(O3)[C@H]1C(=O)NC1CCCCC1. The quantitative estimate of drug-likeness (QED) is 0.490. The first-order valence-electron chi connectivity index (χ1n) is 14.0. The number of rotatable bonds is 5. The molecule has 2 saturated carbocycles. The molecule has 7 nitrogen and oxygen atoms in total. The van der Waals surface area contributed by atoms with Crippen LogP contribution in [0.3, 0.4) is 0 Å². The lowest BCUT2D eigenvalue weighted by Gasteiger charge is -2.42. The van der Waals surface area contributed by atoms with Crippen molar-refractivity contribution in [3.8, 4) is 0 Å². The van der Waals surface area contributed by atoms with E-state index in [1.165, 1.54) is 6.42 Å². The van der Waals surface area contributed by atoms with Crippen LogP contribution in [0.5, 0.6) is 0 Å². The van der Waals surface area contributed by atoms with E-state index in [4.69, 9.17) is 27.9 Å². The average molecular weight is 561 g/mol. The summed E-state index contributed by atoms with van der Waals surface area (Å²) in [4.78, 5) is 43.8. The van der Waals surface area contributed by atoms with Gasteiger partial charge in [0.1, 0.15) is 11.6 Å². The molecule has 2 bridgehead atoms. The standard InChI is InChI=1S/C29H35Cl2N3O4/c1-16-7-5-6-10-21(16)34-25(27(36)32-19-8-3-2-4-9-19)29-12-11-22(38-29)23(24(29)28(34)37)26(35)33-20-14-17(30)13-18(31)15-20/h11-16,19,21-25H,2-10H2,1H3,(H,32,36)(H,33,35)/t16-,21+,22+,23-,24+,25-,29+/m1/s1. The molecule has 3 aliphatic heterocycles. The summed E-state index contributed by atoms with van der Waals surface area (Å²) in [6, 6.07) is 4.12. The van der Waals surface area contributed by atoms with E-state index in [1.54, 1.807) is 18.2 Å². The molecule has 0 aromatic heterocycles. The van der Waals surface area contributed by atoms with Gasteiger partial charge < -0.3 is 20.3 Å². The van der Waals surface area contributed by atoms with Crippen molar-refractivity contribution in [1.82, 2.24) is 10.2 Å². The molecule has 1 spiro atoms. The van der Waals surface area contributed by atoms with Crippen molar-refractivity contribution in [3.05, 3.63) is 40.4 Å². The molecule has 3 heterocycles. The monoisotopic (exact) mass is 559 g/mol. The van der Waals surface area contributed by atoms with Crippen molar-refractivity contribution in [2.45, 2.75) is 94.5 Å². The summed E-state index contributed by atoms with van der Waals surface area (Å²) in [5.74, 6) is -1.87. The van der Waals surface area contributed by atoms with Crippen molar-refractivity contribution in [3.63, 3.8) is 0 Å². The molecule has 2 saturated heterocycles. The number of nitrogens with one attached hydrogen (secondary N) is 2. The van der Waals surface area contributed by atoms with Gasteiger partial charge in [0.2, 0.25) is 17.7 Å². The molecule has 2 aliphatic carbocycles. The third kappa shape index (κ3) is 4.35. The highest BCUT2D eigenvalue weighted by Gasteiger charge is 2.73. The molecule has 1 aromatic rings. The molecule has 2 N–H and O–H groups in total. The fourth-order valence-electron chi connectivity index (χ4n) is 7.65. The lowest BCUT2D eigenvalue weighted by Crippen LogP contribution is -2.59. The van der Waals surface area contributed by atoms with Gasteiger partial charge in [-0.1, -0.05) is 74.4 Å². The Hall–Kier alpha value is -2.09. The van der Waals surface area contributed by atoms with Crippen LogP contribution < -0.4 is 10.6 Å². The first kappa shape index (κ1) is 26.1. The molecule has 0 radical (unpaired) electrons. The molecule has 38 heavy (non-hydrogen) atoms. The number of fused-ring (bicyclic) bond motifs is 1. The van der Waals surface area contributed by atoms with Gasteiger partial charge in [-0.15, -0.1) is 0 Å². The lowest BCUT2D eigenvalue weighted by atomic mass is 9.74. The average Bonchev–Trinajstić information content (AvgIpc) is 3.52. The zero-order valence-electron chi connectivity index (χ0n) is 21.6. The Morgan fingerprint density at radius 2 is 1.66 bits per heavy atom. The van der Waals surface area contributed by atoms with Crippen LogP contribution in [0.25, 0.3) is 0 Å². The molecular formula is C29H35Cl2N3O4. The van der Waals surface area contributed by atoms with Crippen LogP contribution in [0.1, 0.15) is 64.7 Å². The Balaban J connectivity index is 1.33. The summed E-state index contributed by atoms with van der Waals surface area (Å²) in [5.41, 5.74) is -0.686. The molecule has 1 aromatic carbocycles. The highest BCUT2D eigenvalue weighted by atomic mass is 35.5. The van der Waals surface area contributed by atoms with Crippen LogP contribution in [0, 0.1) is 17.8 Å². The predicted molar refractivity (Wildman–Crippen MR) is 146 cm³/mol. The zero-order chi connectivity index (χ0) is 26.6. The molecule has 4 fully saturated rings. The van der Waals surface area contributed by atoms with E-state index in [9.17, 15) is 14.4 Å². The van der Waals surface area contributed by atoms with Gasteiger partial charge in [-0.3, -0.25) is 14.4 Å². The van der Waals surface area contributed by atoms with E-state index in [0.29, 0.717) is 15.7 Å². The lowest BCUT2D eigenvalue weighted by molar-refractivity contribution is -0.146. The van der Waals surface area contributed by atoms with Crippen LogP contribution in [-0.2, 0) is 19.1 Å². The number of benzene rings is 1. The number of ether oxygens (including phenoxy) is 1. The van der Waals surface area contributed by atoms with Crippen LogP contribution >= 0.6 is 23.2 Å². The van der Waals surface area contributed by atoms with Gasteiger partial charge in [0.25, 0.3) is 0 Å². The number of amides is 3. The molecule has 9 heteroatoms. The minimum absolute atomic E-state index is 0.0511. The number of hydrogen-bond acceptors (Lipinski definition) is 4. The molecule has 204 valence electrons. The van der Waals surface area contributed by atoms with Gasteiger partial charge in [-0.05, 0) is 49.8 Å². The van der Waals surface area contributed by atoms with Gasteiger partial charge in [0.05, 0.1) is 17.9 Å². The van der Waals surface area contributed by atoms with Crippen LogP contribution in [0.4, 0.5) is 5.69 Å². The number of hydrogen-bond donors (Lipinski definition) is 2. The second-order valence-corrected chi connectivity index (χ2v) is 12.6. The number of nitrogens with zero attached hydrogens (tertiary/aromatic N) is 1. The molecule has 5 aliphatic rings. The first-order chi connectivity index (χ1) is 18.3. The Labute approximate surface area is 233 Å². The maximum atomic E-state index is 14.3. The van der Waals surface area contributed by atoms with Gasteiger partial charge >= 0.3 is 0 Å². The zero-order valence-corrected chi connectivity index (χ0v) is 23.1. The van der Waals surface area contributed by atoms with E-state index < -0.39 is 29.6 Å². The minimum atomic E-state index is -1.15. The number of anilines is 1. The Kier molecular flexibility index (Phi) is 6.98. The Bertz CT molecular complexity index is 1150. The molecular weight excluding hydrogens is 525 g/mol. The largest absolute Gasteiger partial charge is 0.359 e. The fourth-order valence-corrected chi connectivity index (χ4v) is 8.18. The van der Waals surface area contributed by atoms with E-state index in [1.807, 2.05) is 17.1 Å². The number of carbonyl (C=O) groups excluding carboxylic acids is 3. The molecule has 3 amide bonds. The summed E-state index contributed by atoms with van der Waals surface area (Å²) in [6.07, 6.45) is 12.5. The minimum Gasteiger partial charge on any atom is -0.359 e. The van der Waals surface area contributed by atoms with Crippen molar-refractivity contribution < 1.29 is 19.1 Å². The third-order valence-corrected chi connectivity index (χ3v) is 9.80. The number of carbonyl (C=O) groups is 3. The summed E-state index contributed by atoms with van der Waals surface area (Å²) in [5, 5.41) is 6.99. The van der Waals surface area contributed by atoms with Gasteiger partial charge in [-0.25, -0.2) is 0 Å². The van der Waals surface area contributed by atoms with E-state index >= 15 is 0 Å². The molecule has 7 atom stereocenters. The maximum Gasteiger partial charge on any atom is 0.246 e. The molecule has 6 rings (SSSR count). The van der Waals surface area contributed by atoms with Crippen LogP contribution in [-0.4, -0.2) is 52.5 Å². The third-order valence-electron chi connectivity index (χ3n) is 9.37. The highest BCUT2D eigenvalue weighted by molar-refractivity contribution is 6.35. The van der Waals surface area contributed by atoms with Crippen LogP contribution in [0.15, 0.2) is 30.4 Å². The summed E-state index contributed by atoms with van der Waals surface area (Å²) < 4.78 is 6.51. The fraction of sp³-hybridized carbons (Fsp3) is 0.621. The van der Waals surface area contributed by atoms with Gasteiger partial charge in [-0.2, -0.15) is 0 Å². The smallest absolute Gasteiger partial charge is 0.246 e. The van der Waals surface area contributed by atoms with Crippen molar-refractivity contribution >= 4 is 46.6 Å². The summed E-state index contributed by atoms with van der Waals surface area (Å²) >= 11 is 12.3. The van der Waals surface area contributed by atoms with Gasteiger partial charge in [0.15, 0.2) is 0 Å². The highest BCUT2D eigenvalue weighted by Crippen LogP contribution is 2.56. The summed E-state index contributed by atoms with van der Waals surface area (Å²) in [7, 11) is 0. The van der Waals surface area contributed by atoms with Crippen molar-refractivity contribution in [2.24, 2.45) is 17.8 Å². The number of halogens is 2. The second kappa shape index (κ2) is 10.1. The molecule has 0 unspecified atom stereocenters. The number of likely N-dealkylation sites (tertiary alicyclic amines) is 1. The maximum absolute atomic E-state index is 14.3. The Morgan fingerprint density at radius 3 is 2.37 bits per heavy atom.